The Balaban J connectivity index is 1.60. The highest BCUT2D eigenvalue weighted by Gasteiger charge is 2.62. The summed E-state index contributed by atoms with van der Waals surface area (Å²) in [6.45, 7) is 2.03. The van der Waals surface area contributed by atoms with Gasteiger partial charge in [0.15, 0.2) is 11.9 Å². The molecular formula is C14H20O4. The van der Waals surface area contributed by atoms with Crippen molar-refractivity contribution < 1.29 is 19.3 Å². The van der Waals surface area contributed by atoms with Gasteiger partial charge in [-0.3, -0.25) is 4.79 Å². The summed E-state index contributed by atoms with van der Waals surface area (Å²) in [5, 5.41) is 0. The first-order chi connectivity index (χ1) is 8.63. The van der Waals surface area contributed by atoms with Crippen LogP contribution in [0, 0.1) is 23.7 Å². The maximum absolute atomic E-state index is 11.0. The minimum atomic E-state index is -0.931. The molecule has 0 aromatic heterocycles. The second kappa shape index (κ2) is 3.56. The summed E-state index contributed by atoms with van der Waals surface area (Å²) < 4.78 is 6.07. The first-order valence-corrected chi connectivity index (χ1v) is 7.11. The molecule has 0 aromatic rings. The summed E-state index contributed by atoms with van der Waals surface area (Å²) >= 11 is 0. The minimum Gasteiger partial charge on any atom is -0.343 e. The SMILES string of the molecule is CC1(C=O)COC2(OO1)C1CC3CC(C1)CC2C3. The highest BCUT2D eigenvalue weighted by atomic mass is 17.2. The van der Waals surface area contributed by atoms with Crippen molar-refractivity contribution in [2.45, 2.75) is 50.4 Å². The Morgan fingerprint density at radius 2 is 1.61 bits per heavy atom. The van der Waals surface area contributed by atoms with E-state index in [4.69, 9.17) is 14.5 Å². The number of hydrogen-bond acceptors (Lipinski definition) is 4. The monoisotopic (exact) mass is 252 g/mol. The molecule has 0 N–H and O–H groups in total. The van der Waals surface area contributed by atoms with Crippen LogP contribution in [0.25, 0.3) is 0 Å². The Labute approximate surface area is 107 Å². The van der Waals surface area contributed by atoms with E-state index in [-0.39, 0.29) is 0 Å². The standard InChI is InChI=1S/C14H20O4/c1-13(7-15)8-16-14(18-17-13)11-3-9-2-10(5-11)6-12(14)4-9/h7,9-12H,2-6,8H2,1H3. The number of carbonyl (C=O) groups excluding carboxylic acids is 1. The van der Waals surface area contributed by atoms with Gasteiger partial charge >= 0.3 is 0 Å². The Morgan fingerprint density at radius 3 is 2.06 bits per heavy atom. The number of ether oxygens (including phenoxy) is 1. The van der Waals surface area contributed by atoms with Gasteiger partial charge in [-0.2, -0.15) is 4.89 Å². The molecule has 1 spiro atoms. The van der Waals surface area contributed by atoms with Crippen LogP contribution in [-0.2, 0) is 19.3 Å². The van der Waals surface area contributed by atoms with Crippen LogP contribution in [0.1, 0.15) is 39.0 Å². The van der Waals surface area contributed by atoms with Crippen LogP contribution in [0.5, 0.6) is 0 Å². The summed E-state index contributed by atoms with van der Waals surface area (Å²) in [5.74, 6) is 2.11. The van der Waals surface area contributed by atoms with E-state index in [9.17, 15) is 4.79 Å². The van der Waals surface area contributed by atoms with Gasteiger partial charge in [0.05, 0.1) is 6.61 Å². The number of rotatable bonds is 1. The number of aldehydes is 1. The van der Waals surface area contributed by atoms with Gasteiger partial charge < -0.3 is 4.74 Å². The first-order valence-electron chi connectivity index (χ1n) is 7.11. The third-order valence-corrected chi connectivity index (χ3v) is 5.47. The Bertz CT molecular complexity index is 340. The summed E-state index contributed by atoms with van der Waals surface area (Å²) in [7, 11) is 0. The highest BCUT2D eigenvalue weighted by molar-refractivity contribution is 5.61. The second-order valence-corrected chi connectivity index (χ2v) is 6.91. The fourth-order valence-corrected chi connectivity index (χ4v) is 4.73. The van der Waals surface area contributed by atoms with Crippen LogP contribution in [-0.4, -0.2) is 24.3 Å². The molecule has 1 heterocycles. The average molecular weight is 252 g/mol. The topological polar surface area (TPSA) is 44.8 Å². The lowest BCUT2D eigenvalue weighted by Crippen LogP contribution is -2.65. The van der Waals surface area contributed by atoms with Gasteiger partial charge in [0.25, 0.3) is 0 Å². The molecule has 4 heteroatoms. The van der Waals surface area contributed by atoms with Gasteiger partial charge in [0.2, 0.25) is 5.79 Å². The van der Waals surface area contributed by atoms with Crippen molar-refractivity contribution in [2.75, 3.05) is 6.61 Å². The van der Waals surface area contributed by atoms with E-state index in [1.165, 1.54) is 32.1 Å². The van der Waals surface area contributed by atoms with Crippen molar-refractivity contribution in [1.82, 2.24) is 0 Å². The largest absolute Gasteiger partial charge is 0.343 e. The molecule has 0 aromatic carbocycles. The van der Waals surface area contributed by atoms with Gasteiger partial charge in [-0.15, -0.1) is 0 Å². The third kappa shape index (κ3) is 1.40. The van der Waals surface area contributed by atoms with Crippen molar-refractivity contribution in [3.63, 3.8) is 0 Å². The lowest BCUT2D eigenvalue weighted by Gasteiger charge is -2.60. The van der Waals surface area contributed by atoms with E-state index < -0.39 is 11.4 Å². The van der Waals surface area contributed by atoms with Gasteiger partial charge in [-0.25, -0.2) is 4.89 Å². The van der Waals surface area contributed by atoms with E-state index in [1.807, 2.05) is 0 Å². The van der Waals surface area contributed by atoms with E-state index in [0.29, 0.717) is 18.4 Å². The molecule has 18 heavy (non-hydrogen) atoms. The van der Waals surface area contributed by atoms with Crippen molar-refractivity contribution >= 4 is 6.29 Å². The first kappa shape index (κ1) is 11.4. The summed E-state index contributed by atoms with van der Waals surface area (Å²) in [6, 6.07) is 0. The molecule has 4 saturated carbocycles. The van der Waals surface area contributed by atoms with Gasteiger partial charge in [-0.1, -0.05) is 0 Å². The molecule has 1 unspecified atom stereocenters. The zero-order valence-corrected chi connectivity index (χ0v) is 10.8. The average Bonchev–Trinajstić information content (AvgIpc) is 2.37. The van der Waals surface area contributed by atoms with Crippen molar-refractivity contribution in [3.8, 4) is 0 Å². The highest BCUT2D eigenvalue weighted by Crippen LogP contribution is 2.60. The van der Waals surface area contributed by atoms with Crippen molar-refractivity contribution in [2.24, 2.45) is 23.7 Å². The van der Waals surface area contributed by atoms with E-state index in [1.54, 1.807) is 6.92 Å². The predicted octanol–water partition coefficient (Wildman–Crippen LogP) is 2.07. The zero-order valence-electron chi connectivity index (χ0n) is 10.8. The molecule has 100 valence electrons. The van der Waals surface area contributed by atoms with Gasteiger partial charge in [0.1, 0.15) is 0 Å². The normalized spacial score (nSPS) is 58.1. The van der Waals surface area contributed by atoms with Crippen LogP contribution in [0.3, 0.4) is 0 Å². The molecule has 0 radical (unpaired) electrons. The van der Waals surface area contributed by atoms with Crippen LogP contribution in [0.4, 0.5) is 0 Å². The maximum atomic E-state index is 11.0. The number of carbonyl (C=O) groups is 1. The molecule has 5 rings (SSSR count). The molecule has 5 aliphatic rings. The smallest absolute Gasteiger partial charge is 0.207 e. The summed E-state index contributed by atoms with van der Waals surface area (Å²) in [6.07, 6.45) is 6.98. The molecule has 1 aliphatic heterocycles. The fourth-order valence-electron chi connectivity index (χ4n) is 4.73. The third-order valence-electron chi connectivity index (χ3n) is 5.47. The van der Waals surface area contributed by atoms with E-state index in [2.05, 4.69) is 0 Å². The number of hydrogen-bond donors (Lipinski definition) is 0. The minimum absolute atomic E-state index is 0.318. The Morgan fingerprint density at radius 1 is 1.00 bits per heavy atom. The van der Waals surface area contributed by atoms with Crippen LogP contribution >= 0.6 is 0 Å². The molecule has 1 atom stereocenters. The Kier molecular flexibility index (Phi) is 2.25. The van der Waals surface area contributed by atoms with Crippen LogP contribution < -0.4 is 0 Å². The molecule has 0 amide bonds. The van der Waals surface area contributed by atoms with E-state index >= 15 is 0 Å². The molecule has 1 saturated heterocycles. The van der Waals surface area contributed by atoms with Crippen LogP contribution in [0.2, 0.25) is 0 Å². The zero-order chi connectivity index (χ0) is 12.4. The van der Waals surface area contributed by atoms with Gasteiger partial charge in [-0.05, 0) is 50.9 Å². The lowest BCUT2D eigenvalue weighted by molar-refractivity contribution is -0.534. The molecule has 4 aliphatic carbocycles. The molecule has 4 nitrogen and oxygen atoms in total. The summed E-state index contributed by atoms with van der Waals surface area (Å²) in [5.41, 5.74) is -0.931. The van der Waals surface area contributed by atoms with Crippen molar-refractivity contribution in [1.29, 1.82) is 0 Å². The van der Waals surface area contributed by atoms with Crippen molar-refractivity contribution in [3.05, 3.63) is 0 Å². The lowest BCUT2D eigenvalue weighted by atomic mass is 9.53. The van der Waals surface area contributed by atoms with Gasteiger partial charge in [0, 0.05) is 11.8 Å². The quantitative estimate of drug-likeness (QED) is 0.529. The van der Waals surface area contributed by atoms with Crippen LogP contribution in [0.15, 0.2) is 0 Å². The fraction of sp³-hybridized carbons (Fsp3) is 0.929. The second-order valence-electron chi connectivity index (χ2n) is 6.91. The summed E-state index contributed by atoms with van der Waals surface area (Å²) in [4.78, 5) is 22.1. The Hall–Kier alpha value is -0.450. The molecule has 4 bridgehead atoms. The van der Waals surface area contributed by atoms with E-state index in [0.717, 1.165) is 18.1 Å². The maximum Gasteiger partial charge on any atom is 0.207 e. The molecular weight excluding hydrogens is 232 g/mol. The molecule has 5 fully saturated rings. The predicted molar refractivity (Wildman–Crippen MR) is 62.4 cm³/mol.